The fraction of sp³-hybridized carbons (Fsp3) is 0.235. The molecule has 0 saturated carbocycles. The molecule has 25 heavy (non-hydrogen) atoms. The number of nitrogens with zero attached hydrogens (tertiary/aromatic N) is 2. The lowest BCUT2D eigenvalue weighted by atomic mass is 10.1. The molecular weight excluding hydrogens is 335 g/mol. The van der Waals surface area contributed by atoms with E-state index in [9.17, 15) is 22.8 Å². The van der Waals surface area contributed by atoms with Crippen molar-refractivity contribution in [1.82, 2.24) is 14.5 Å². The molecule has 0 amide bonds. The number of aromatic nitrogens is 3. The van der Waals surface area contributed by atoms with Crippen LogP contribution in [-0.2, 0) is 12.7 Å². The maximum absolute atomic E-state index is 13.5. The van der Waals surface area contributed by atoms with E-state index in [-0.39, 0.29) is 17.9 Å². The van der Waals surface area contributed by atoms with Crippen molar-refractivity contribution in [3.05, 3.63) is 62.8 Å². The molecule has 3 rings (SSSR count). The molecule has 1 aromatic carbocycles. The number of aromatic amines is 1. The van der Waals surface area contributed by atoms with Gasteiger partial charge in [0.1, 0.15) is 0 Å². The van der Waals surface area contributed by atoms with Gasteiger partial charge in [-0.05, 0) is 12.5 Å². The molecule has 8 heteroatoms. The van der Waals surface area contributed by atoms with E-state index < -0.39 is 28.4 Å². The van der Waals surface area contributed by atoms with Crippen LogP contribution in [0.15, 0.2) is 46.0 Å². The van der Waals surface area contributed by atoms with Crippen molar-refractivity contribution in [1.29, 1.82) is 0 Å². The van der Waals surface area contributed by atoms with Crippen LogP contribution in [0.25, 0.3) is 22.3 Å². The molecule has 1 N–H and O–H groups in total. The van der Waals surface area contributed by atoms with Gasteiger partial charge in [-0.15, -0.1) is 0 Å². The summed E-state index contributed by atoms with van der Waals surface area (Å²) in [7, 11) is 0. The second kappa shape index (κ2) is 6.19. The highest BCUT2D eigenvalue weighted by atomic mass is 19.4. The highest BCUT2D eigenvalue weighted by molar-refractivity contribution is 5.82. The molecule has 2 aromatic heterocycles. The molecule has 0 radical (unpaired) electrons. The highest BCUT2D eigenvalue weighted by Crippen LogP contribution is 2.35. The Morgan fingerprint density at radius 2 is 1.84 bits per heavy atom. The quantitative estimate of drug-likeness (QED) is 0.790. The number of H-pyrrole nitrogens is 1. The molecule has 0 aliphatic carbocycles. The first-order valence-corrected chi connectivity index (χ1v) is 7.63. The van der Waals surface area contributed by atoms with E-state index in [1.54, 1.807) is 37.3 Å². The number of nitrogens with one attached hydrogen (secondary N) is 1. The molecule has 130 valence electrons. The van der Waals surface area contributed by atoms with Gasteiger partial charge in [0, 0.05) is 12.1 Å². The van der Waals surface area contributed by atoms with Crippen LogP contribution in [0, 0.1) is 0 Å². The number of fused-ring (bicyclic) bond motifs is 1. The van der Waals surface area contributed by atoms with Crippen LogP contribution in [0.4, 0.5) is 13.2 Å². The SMILES string of the molecule is CCCn1c(=O)[nH]c(=O)c2c(C(F)(F)F)cc(-c3ccccc3)nc21. The van der Waals surface area contributed by atoms with Crippen molar-refractivity contribution in [3.63, 3.8) is 0 Å². The number of aryl methyl sites for hydroxylation is 1. The summed E-state index contributed by atoms with van der Waals surface area (Å²) in [6, 6.07) is 9.14. The third-order valence-corrected chi connectivity index (χ3v) is 3.77. The summed E-state index contributed by atoms with van der Waals surface area (Å²) in [6.45, 7) is 1.92. The van der Waals surface area contributed by atoms with E-state index in [1.807, 2.05) is 4.98 Å². The summed E-state index contributed by atoms with van der Waals surface area (Å²) in [5, 5.41) is -0.625. The van der Waals surface area contributed by atoms with Gasteiger partial charge < -0.3 is 0 Å². The van der Waals surface area contributed by atoms with Crippen molar-refractivity contribution in [2.24, 2.45) is 0 Å². The fourth-order valence-electron chi connectivity index (χ4n) is 2.69. The summed E-state index contributed by atoms with van der Waals surface area (Å²) in [4.78, 5) is 30.3. The first-order valence-electron chi connectivity index (χ1n) is 7.63. The Morgan fingerprint density at radius 3 is 2.44 bits per heavy atom. The Bertz CT molecular complexity index is 1040. The normalized spacial score (nSPS) is 11.8. The van der Waals surface area contributed by atoms with Crippen LogP contribution in [0.3, 0.4) is 0 Å². The van der Waals surface area contributed by atoms with Crippen molar-refractivity contribution < 1.29 is 13.2 Å². The number of pyridine rings is 1. The Balaban J connectivity index is 2.49. The molecule has 3 aromatic rings. The lowest BCUT2D eigenvalue weighted by Gasteiger charge is -2.14. The van der Waals surface area contributed by atoms with Gasteiger partial charge >= 0.3 is 11.9 Å². The predicted molar refractivity (Wildman–Crippen MR) is 87.4 cm³/mol. The van der Waals surface area contributed by atoms with E-state index in [0.29, 0.717) is 12.0 Å². The molecule has 5 nitrogen and oxygen atoms in total. The number of rotatable bonds is 3. The first kappa shape index (κ1) is 16.9. The number of benzene rings is 1. The van der Waals surface area contributed by atoms with E-state index in [4.69, 9.17) is 0 Å². The van der Waals surface area contributed by atoms with E-state index in [1.165, 1.54) is 0 Å². The zero-order valence-electron chi connectivity index (χ0n) is 13.2. The Kier molecular flexibility index (Phi) is 4.20. The molecule has 0 aliphatic heterocycles. The van der Waals surface area contributed by atoms with Gasteiger partial charge in [0.2, 0.25) is 0 Å². The van der Waals surface area contributed by atoms with Gasteiger partial charge in [-0.1, -0.05) is 37.3 Å². The van der Waals surface area contributed by atoms with Crippen molar-refractivity contribution >= 4 is 11.0 Å². The Morgan fingerprint density at radius 1 is 1.16 bits per heavy atom. The zero-order valence-corrected chi connectivity index (χ0v) is 13.2. The molecule has 0 aliphatic rings. The van der Waals surface area contributed by atoms with Gasteiger partial charge in [-0.3, -0.25) is 14.3 Å². The van der Waals surface area contributed by atoms with E-state index in [0.717, 1.165) is 10.6 Å². The summed E-state index contributed by atoms with van der Waals surface area (Å²) in [5.41, 5.74) is -2.72. The van der Waals surface area contributed by atoms with E-state index in [2.05, 4.69) is 4.98 Å². The van der Waals surface area contributed by atoms with E-state index >= 15 is 0 Å². The monoisotopic (exact) mass is 349 g/mol. The summed E-state index contributed by atoms with van der Waals surface area (Å²) < 4.78 is 41.7. The van der Waals surface area contributed by atoms with Gasteiger partial charge in [-0.25, -0.2) is 9.78 Å². The Labute approximate surface area is 139 Å². The molecule has 0 spiro atoms. The molecule has 0 unspecified atom stereocenters. The highest BCUT2D eigenvalue weighted by Gasteiger charge is 2.35. The average molecular weight is 349 g/mol. The fourth-order valence-corrected chi connectivity index (χ4v) is 2.69. The average Bonchev–Trinajstić information content (AvgIpc) is 2.57. The summed E-state index contributed by atoms with van der Waals surface area (Å²) >= 11 is 0. The van der Waals surface area contributed by atoms with Crippen LogP contribution >= 0.6 is 0 Å². The zero-order chi connectivity index (χ0) is 18.2. The number of hydrogen-bond donors (Lipinski definition) is 1. The molecule has 0 fully saturated rings. The first-order chi connectivity index (χ1) is 11.8. The van der Waals surface area contributed by atoms with Crippen molar-refractivity contribution in [2.75, 3.05) is 0 Å². The summed E-state index contributed by atoms with van der Waals surface area (Å²) in [6.07, 6.45) is -4.26. The third-order valence-electron chi connectivity index (χ3n) is 3.77. The smallest absolute Gasteiger partial charge is 0.278 e. The third kappa shape index (κ3) is 3.07. The van der Waals surface area contributed by atoms with Crippen LogP contribution < -0.4 is 11.2 Å². The van der Waals surface area contributed by atoms with Crippen LogP contribution in [0.2, 0.25) is 0 Å². The number of hydrogen-bond acceptors (Lipinski definition) is 3. The minimum absolute atomic E-state index is 0.0512. The maximum atomic E-state index is 13.5. The molecule has 0 saturated heterocycles. The van der Waals surface area contributed by atoms with Gasteiger partial charge in [-0.2, -0.15) is 13.2 Å². The van der Waals surface area contributed by atoms with Gasteiger partial charge in [0.25, 0.3) is 5.56 Å². The predicted octanol–water partition coefficient (Wildman–Crippen LogP) is 3.18. The standard InChI is InChI=1S/C17H14F3N3O2/c1-2-8-23-14-13(15(24)22-16(23)25)11(17(18,19)20)9-12(21-14)10-6-4-3-5-7-10/h3-7,9H,2,8H2,1H3,(H,22,24,25). The molecule has 0 bridgehead atoms. The molecule has 0 atom stereocenters. The minimum atomic E-state index is -4.76. The second-order valence-electron chi connectivity index (χ2n) is 5.53. The van der Waals surface area contributed by atoms with Crippen molar-refractivity contribution in [2.45, 2.75) is 26.1 Å². The van der Waals surface area contributed by atoms with Gasteiger partial charge in [0.15, 0.2) is 5.65 Å². The van der Waals surface area contributed by atoms with Crippen LogP contribution in [-0.4, -0.2) is 14.5 Å². The van der Waals surface area contributed by atoms with Gasteiger partial charge in [0.05, 0.1) is 16.6 Å². The second-order valence-corrected chi connectivity index (χ2v) is 5.53. The molecule has 2 heterocycles. The topological polar surface area (TPSA) is 67.8 Å². The number of halogens is 3. The van der Waals surface area contributed by atoms with Crippen molar-refractivity contribution in [3.8, 4) is 11.3 Å². The molecular formula is C17H14F3N3O2. The maximum Gasteiger partial charge on any atom is 0.417 e. The van der Waals surface area contributed by atoms with Crippen LogP contribution in [0.5, 0.6) is 0 Å². The van der Waals surface area contributed by atoms with Crippen LogP contribution in [0.1, 0.15) is 18.9 Å². The minimum Gasteiger partial charge on any atom is -0.278 e. The largest absolute Gasteiger partial charge is 0.417 e. The Hall–Kier alpha value is -2.90. The summed E-state index contributed by atoms with van der Waals surface area (Å²) in [5.74, 6) is 0. The lowest BCUT2D eigenvalue weighted by molar-refractivity contribution is -0.136. The lowest BCUT2D eigenvalue weighted by Crippen LogP contribution is -2.32. The number of alkyl halides is 3.